The molecular formula is C16H22N2O2S. The minimum atomic E-state index is 0.0812. The van der Waals surface area contributed by atoms with Crippen molar-refractivity contribution in [1.82, 2.24) is 9.88 Å². The van der Waals surface area contributed by atoms with Crippen LogP contribution in [-0.4, -0.2) is 36.0 Å². The van der Waals surface area contributed by atoms with Crippen LogP contribution in [0.4, 0.5) is 0 Å². The molecule has 114 valence electrons. The number of methoxy groups -OCH3 is 1. The maximum atomic E-state index is 12.6. The number of fused-ring (bicyclic) bond motifs is 1. The average molecular weight is 306 g/mol. The predicted octanol–water partition coefficient (Wildman–Crippen LogP) is 2.72. The normalized spacial score (nSPS) is 25.0. The van der Waals surface area contributed by atoms with Crippen molar-refractivity contribution in [3.63, 3.8) is 0 Å². The van der Waals surface area contributed by atoms with Crippen molar-refractivity contribution >= 4 is 22.7 Å². The summed E-state index contributed by atoms with van der Waals surface area (Å²) in [6.07, 6.45) is 8.93. The number of carbonyl (C=O) groups excluding carboxylic acids is 1. The van der Waals surface area contributed by atoms with Crippen molar-refractivity contribution in [2.75, 3.05) is 20.3 Å². The second-order valence-electron chi connectivity index (χ2n) is 5.61. The lowest BCUT2D eigenvalue weighted by molar-refractivity contribution is -0.118. The van der Waals surface area contributed by atoms with E-state index in [9.17, 15) is 4.79 Å². The maximum Gasteiger partial charge on any atom is 0.250 e. The number of carbonyl (C=O) groups is 1. The molecule has 4 nitrogen and oxygen atoms in total. The molecule has 2 aliphatic rings. The first-order chi connectivity index (χ1) is 10.3. The van der Waals surface area contributed by atoms with Crippen LogP contribution in [0.5, 0.6) is 0 Å². The molecule has 5 heteroatoms. The highest BCUT2D eigenvalue weighted by atomic mass is 32.2. The Kier molecular flexibility index (Phi) is 4.70. The van der Waals surface area contributed by atoms with Crippen LogP contribution in [0, 0.1) is 5.92 Å². The Balaban J connectivity index is 1.85. The van der Waals surface area contributed by atoms with E-state index >= 15 is 0 Å². The van der Waals surface area contributed by atoms with Crippen LogP contribution in [0.1, 0.15) is 25.7 Å². The first-order valence-electron chi connectivity index (χ1n) is 7.62. The van der Waals surface area contributed by atoms with Gasteiger partial charge in [-0.1, -0.05) is 12.8 Å². The lowest BCUT2D eigenvalue weighted by atomic mass is 9.83. The number of nitrogens with zero attached hydrogens (tertiary/aromatic N) is 1. The number of rotatable bonds is 5. The van der Waals surface area contributed by atoms with Gasteiger partial charge in [0.2, 0.25) is 5.91 Å². The van der Waals surface area contributed by atoms with E-state index in [-0.39, 0.29) is 5.91 Å². The van der Waals surface area contributed by atoms with Gasteiger partial charge in [-0.25, -0.2) is 0 Å². The molecule has 1 fully saturated rings. The molecule has 1 aromatic rings. The Bertz CT molecular complexity index is 524. The van der Waals surface area contributed by atoms with Gasteiger partial charge in [0, 0.05) is 37.2 Å². The van der Waals surface area contributed by atoms with Crippen LogP contribution in [-0.2, 0) is 9.53 Å². The zero-order chi connectivity index (χ0) is 14.7. The Morgan fingerprint density at radius 1 is 1.38 bits per heavy atom. The van der Waals surface area contributed by atoms with Gasteiger partial charge in [0.05, 0.1) is 17.2 Å². The Morgan fingerprint density at radius 3 is 2.90 bits per heavy atom. The van der Waals surface area contributed by atoms with Crippen molar-refractivity contribution < 1.29 is 9.53 Å². The highest BCUT2D eigenvalue weighted by molar-refractivity contribution is 8.08. The van der Waals surface area contributed by atoms with Gasteiger partial charge < -0.3 is 14.6 Å². The standard InChI is InChI=1S/C16H22N2O2S/c1-20-11-8-17-15(19)14-12-6-2-3-7-13(12)21-16(14)18-9-4-5-10-18/h4-5,9-10,12-13H,2-3,6-8,11H2,1H3,(H,17,19)/t12-,13+/m1/s1. The first kappa shape index (κ1) is 14.7. The van der Waals surface area contributed by atoms with Crippen LogP contribution in [0.3, 0.4) is 0 Å². The van der Waals surface area contributed by atoms with Crippen molar-refractivity contribution in [2.45, 2.75) is 30.9 Å². The summed E-state index contributed by atoms with van der Waals surface area (Å²) in [5, 5.41) is 4.69. The molecule has 0 unspecified atom stereocenters. The summed E-state index contributed by atoms with van der Waals surface area (Å²) in [5.41, 5.74) is 0.983. The summed E-state index contributed by atoms with van der Waals surface area (Å²) in [5.74, 6) is 0.487. The predicted molar refractivity (Wildman–Crippen MR) is 85.9 cm³/mol. The monoisotopic (exact) mass is 306 g/mol. The van der Waals surface area contributed by atoms with E-state index in [0.717, 1.165) is 17.0 Å². The van der Waals surface area contributed by atoms with Crippen molar-refractivity contribution in [2.24, 2.45) is 5.92 Å². The molecule has 1 aliphatic carbocycles. The van der Waals surface area contributed by atoms with E-state index in [4.69, 9.17) is 4.74 Å². The second kappa shape index (κ2) is 6.71. The number of amides is 1. The first-order valence-corrected chi connectivity index (χ1v) is 8.50. The zero-order valence-corrected chi connectivity index (χ0v) is 13.2. The van der Waals surface area contributed by atoms with Crippen LogP contribution >= 0.6 is 11.8 Å². The number of nitrogens with one attached hydrogen (secondary N) is 1. The van der Waals surface area contributed by atoms with Gasteiger partial charge in [-0.2, -0.15) is 0 Å². The molecule has 2 atom stereocenters. The van der Waals surface area contributed by atoms with E-state index < -0.39 is 0 Å². The van der Waals surface area contributed by atoms with Gasteiger partial charge in [-0.15, -0.1) is 11.8 Å². The summed E-state index contributed by atoms with van der Waals surface area (Å²) in [6, 6.07) is 4.02. The number of thioether (sulfide) groups is 1. The van der Waals surface area contributed by atoms with Crippen molar-refractivity contribution in [1.29, 1.82) is 0 Å². The van der Waals surface area contributed by atoms with Gasteiger partial charge in [0.1, 0.15) is 0 Å². The van der Waals surface area contributed by atoms with E-state index in [1.165, 1.54) is 19.3 Å². The molecule has 1 aromatic heterocycles. The molecule has 1 aliphatic heterocycles. The fourth-order valence-electron chi connectivity index (χ4n) is 3.23. The molecule has 1 amide bonds. The molecule has 0 spiro atoms. The van der Waals surface area contributed by atoms with E-state index in [1.807, 2.05) is 36.3 Å². The number of ether oxygens (including phenoxy) is 1. The van der Waals surface area contributed by atoms with E-state index in [2.05, 4.69) is 9.88 Å². The molecule has 0 bridgehead atoms. The van der Waals surface area contributed by atoms with Crippen LogP contribution < -0.4 is 5.32 Å². The van der Waals surface area contributed by atoms with Gasteiger partial charge >= 0.3 is 0 Å². The average Bonchev–Trinajstić information content (AvgIpc) is 3.14. The molecule has 1 N–H and O–H groups in total. The Morgan fingerprint density at radius 2 is 2.14 bits per heavy atom. The summed E-state index contributed by atoms with van der Waals surface area (Å²) in [7, 11) is 1.65. The molecule has 3 rings (SSSR count). The van der Waals surface area contributed by atoms with Gasteiger partial charge in [0.25, 0.3) is 0 Å². The lowest BCUT2D eigenvalue weighted by Crippen LogP contribution is -2.33. The van der Waals surface area contributed by atoms with Crippen LogP contribution in [0.25, 0.3) is 5.03 Å². The summed E-state index contributed by atoms with van der Waals surface area (Å²) >= 11 is 1.88. The molecule has 0 aromatic carbocycles. The number of hydrogen-bond donors (Lipinski definition) is 1. The molecule has 2 heterocycles. The topological polar surface area (TPSA) is 43.3 Å². The van der Waals surface area contributed by atoms with Gasteiger partial charge in [0.15, 0.2) is 0 Å². The van der Waals surface area contributed by atoms with Crippen molar-refractivity contribution in [3.8, 4) is 0 Å². The minimum absolute atomic E-state index is 0.0812. The van der Waals surface area contributed by atoms with Gasteiger partial charge in [-0.05, 0) is 25.0 Å². The zero-order valence-electron chi connectivity index (χ0n) is 12.4. The largest absolute Gasteiger partial charge is 0.383 e. The second-order valence-corrected chi connectivity index (χ2v) is 6.83. The van der Waals surface area contributed by atoms with E-state index in [0.29, 0.717) is 24.3 Å². The highest BCUT2D eigenvalue weighted by Crippen LogP contribution is 2.50. The van der Waals surface area contributed by atoms with E-state index in [1.54, 1.807) is 7.11 Å². The Hall–Kier alpha value is -1.20. The maximum absolute atomic E-state index is 12.6. The van der Waals surface area contributed by atoms with Crippen LogP contribution in [0.15, 0.2) is 30.1 Å². The fraction of sp³-hybridized carbons (Fsp3) is 0.562. The smallest absolute Gasteiger partial charge is 0.250 e. The Labute approximate surface area is 129 Å². The molecule has 21 heavy (non-hydrogen) atoms. The molecule has 1 saturated carbocycles. The van der Waals surface area contributed by atoms with Crippen molar-refractivity contribution in [3.05, 3.63) is 30.1 Å². The molecule has 0 saturated heterocycles. The SMILES string of the molecule is COCCNC(=O)C1=C(n2cccc2)S[C@H]2CCCC[C@@H]12. The van der Waals surface area contributed by atoms with Gasteiger partial charge in [-0.3, -0.25) is 4.79 Å². The summed E-state index contributed by atoms with van der Waals surface area (Å²) in [4.78, 5) is 12.6. The quantitative estimate of drug-likeness (QED) is 0.851. The number of hydrogen-bond acceptors (Lipinski definition) is 3. The molecular weight excluding hydrogens is 284 g/mol. The third-order valence-corrected chi connectivity index (χ3v) is 5.76. The third kappa shape index (κ3) is 3.04. The minimum Gasteiger partial charge on any atom is -0.383 e. The van der Waals surface area contributed by atoms with Crippen LogP contribution in [0.2, 0.25) is 0 Å². The molecule has 0 radical (unpaired) electrons. The highest BCUT2D eigenvalue weighted by Gasteiger charge is 2.40. The summed E-state index contributed by atoms with van der Waals surface area (Å²) < 4.78 is 7.11. The number of aromatic nitrogens is 1. The fourth-order valence-corrected chi connectivity index (χ4v) is 4.85. The summed E-state index contributed by atoms with van der Waals surface area (Å²) in [6.45, 7) is 1.12. The lowest BCUT2D eigenvalue weighted by Gasteiger charge is -2.25. The third-order valence-electron chi connectivity index (χ3n) is 4.24.